The molecule has 6 nitrogen and oxygen atoms in total. The molecule has 6 heteroatoms. The van der Waals surface area contributed by atoms with E-state index in [1.165, 1.54) is 12.1 Å². The summed E-state index contributed by atoms with van der Waals surface area (Å²) in [6, 6.07) is 2.58. The molecule has 16 heavy (non-hydrogen) atoms. The summed E-state index contributed by atoms with van der Waals surface area (Å²) in [4.78, 5) is 21.9. The minimum absolute atomic E-state index is 0.133. The van der Waals surface area contributed by atoms with Crippen molar-refractivity contribution in [2.75, 3.05) is 7.05 Å². The summed E-state index contributed by atoms with van der Waals surface area (Å²) in [5.41, 5.74) is 0. The number of carbonyl (C=O) groups is 2. The molecule has 1 rings (SSSR count). The highest BCUT2D eigenvalue weighted by atomic mass is 16.4. The van der Waals surface area contributed by atoms with Gasteiger partial charge in [-0.1, -0.05) is 0 Å². The number of likely N-dealkylation sites (N-methyl/N-ethyl adjacent to an activating group) is 1. The fourth-order valence-electron chi connectivity index (χ4n) is 1.05. The molecule has 3 N–H and O–H groups in total. The Morgan fingerprint density at radius 2 is 2.19 bits per heavy atom. The molecule has 0 aliphatic carbocycles. The van der Waals surface area contributed by atoms with Crippen LogP contribution in [0, 0.1) is 0 Å². The van der Waals surface area contributed by atoms with Crippen LogP contribution in [0.1, 0.15) is 23.2 Å². The molecule has 1 aromatic heterocycles. The number of carboxylic acid groups (broad SMARTS) is 1. The Bertz CT molecular complexity index is 386. The number of rotatable bonds is 5. The minimum Gasteiger partial charge on any atom is -0.475 e. The van der Waals surface area contributed by atoms with E-state index in [1.807, 2.05) is 0 Å². The van der Waals surface area contributed by atoms with Crippen molar-refractivity contribution in [3.63, 3.8) is 0 Å². The van der Waals surface area contributed by atoms with Gasteiger partial charge in [0.15, 0.2) is 0 Å². The van der Waals surface area contributed by atoms with Crippen LogP contribution in [-0.4, -0.2) is 30.1 Å². The Hall–Kier alpha value is -1.82. The van der Waals surface area contributed by atoms with E-state index in [0.29, 0.717) is 5.76 Å². The van der Waals surface area contributed by atoms with Crippen molar-refractivity contribution in [3.05, 3.63) is 23.7 Å². The molecule has 1 heterocycles. The number of hydrogen-bond donors (Lipinski definition) is 3. The summed E-state index contributed by atoms with van der Waals surface area (Å²) in [7, 11) is 1.68. The van der Waals surface area contributed by atoms with Gasteiger partial charge in [0.1, 0.15) is 5.76 Å². The maximum absolute atomic E-state index is 11.4. The van der Waals surface area contributed by atoms with Crippen LogP contribution in [-0.2, 0) is 11.3 Å². The molecule has 88 valence electrons. The van der Waals surface area contributed by atoms with Crippen LogP contribution >= 0.6 is 0 Å². The van der Waals surface area contributed by atoms with Crippen LogP contribution in [0.25, 0.3) is 0 Å². The van der Waals surface area contributed by atoms with Crippen LogP contribution < -0.4 is 10.6 Å². The monoisotopic (exact) mass is 226 g/mol. The van der Waals surface area contributed by atoms with E-state index in [-0.39, 0.29) is 24.3 Å². The van der Waals surface area contributed by atoms with Crippen molar-refractivity contribution in [2.45, 2.75) is 19.5 Å². The third-order valence-electron chi connectivity index (χ3n) is 2.14. The molecule has 0 radical (unpaired) electrons. The molecular weight excluding hydrogens is 212 g/mol. The fraction of sp³-hybridized carbons (Fsp3) is 0.400. The van der Waals surface area contributed by atoms with Gasteiger partial charge in [-0.2, -0.15) is 0 Å². The first kappa shape index (κ1) is 12.3. The summed E-state index contributed by atoms with van der Waals surface area (Å²) in [6.45, 7) is 1.90. The standard InChI is InChI=1S/C10H14N2O4/c1-6(11-2)9(13)12-5-7-3-4-8(16-7)10(14)15/h3-4,6,11H,5H2,1-2H3,(H,12,13)(H,14,15). The first-order valence-electron chi connectivity index (χ1n) is 4.81. The van der Waals surface area contributed by atoms with Crippen molar-refractivity contribution in [1.82, 2.24) is 10.6 Å². The Morgan fingerprint density at radius 1 is 1.50 bits per heavy atom. The zero-order valence-electron chi connectivity index (χ0n) is 9.11. The lowest BCUT2D eigenvalue weighted by Crippen LogP contribution is -2.39. The van der Waals surface area contributed by atoms with Crippen LogP contribution in [0.5, 0.6) is 0 Å². The van der Waals surface area contributed by atoms with Gasteiger partial charge in [-0.05, 0) is 26.1 Å². The second-order valence-corrected chi connectivity index (χ2v) is 3.30. The van der Waals surface area contributed by atoms with E-state index >= 15 is 0 Å². The van der Waals surface area contributed by atoms with Gasteiger partial charge >= 0.3 is 5.97 Å². The Kier molecular flexibility index (Phi) is 4.07. The van der Waals surface area contributed by atoms with E-state index < -0.39 is 5.97 Å². The molecule has 0 aliphatic heterocycles. The molecule has 0 aliphatic rings. The molecule has 0 bridgehead atoms. The van der Waals surface area contributed by atoms with E-state index in [9.17, 15) is 9.59 Å². The molecule has 0 saturated heterocycles. The van der Waals surface area contributed by atoms with E-state index in [4.69, 9.17) is 9.52 Å². The van der Waals surface area contributed by atoms with E-state index in [2.05, 4.69) is 10.6 Å². The summed E-state index contributed by atoms with van der Waals surface area (Å²) < 4.78 is 4.97. The molecule has 1 amide bonds. The first-order chi connectivity index (χ1) is 7.54. The molecule has 1 atom stereocenters. The molecule has 1 unspecified atom stereocenters. The predicted molar refractivity (Wildman–Crippen MR) is 56.0 cm³/mol. The third kappa shape index (κ3) is 3.09. The molecule has 0 aromatic carbocycles. The predicted octanol–water partition coefficient (Wildman–Crippen LogP) is 0.202. The lowest BCUT2D eigenvalue weighted by atomic mass is 10.3. The molecule has 0 saturated carbocycles. The van der Waals surface area contributed by atoms with Crippen molar-refractivity contribution >= 4 is 11.9 Å². The van der Waals surface area contributed by atoms with Crippen LogP contribution in [0.2, 0.25) is 0 Å². The lowest BCUT2D eigenvalue weighted by Gasteiger charge is -2.09. The Balaban J connectivity index is 2.48. The van der Waals surface area contributed by atoms with Crippen LogP contribution in [0.15, 0.2) is 16.5 Å². The van der Waals surface area contributed by atoms with Crippen molar-refractivity contribution in [2.24, 2.45) is 0 Å². The van der Waals surface area contributed by atoms with Crippen LogP contribution in [0.4, 0.5) is 0 Å². The maximum atomic E-state index is 11.4. The maximum Gasteiger partial charge on any atom is 0.371 e. The largest absolute Gasteiger partial charge is 0.475 e. The first-order valence-corrected chi connectivity index (χ1v) is 4.81. The summed E-state index contributed by atoms with van der Waals surface area (Å²) >= 11 is 0. The quantitative estimate of drug-likeness (QED) is 0.667. The number of furan rings is 1. The topological polar surface area (TPSA) is 91.6 Å². The average Bonchev–Trinajstić information content (AvgIpc) is 2.73. The highest BCUT2D eigenvalue weighted by Gasteiger charge is 2.12. The average molecular weight is 226 g/mol. The van der Waals surface area contributed by atoms with Gasteiger partial charge in [0.25, 0.3) is 0 Å². The van der Waals surface area contributed by atoms with E-state index in [0.717, 1.165) is 0 Å². The van der Waals surface area contributed by atoms with Gasteiger partial charge in [-0.25, -0.2) is 4.79 Å². The van der Waals surface area contributed by atoms with Gasteiger partial charge in [-0.3, -0.25) is 4.79 Å². The SMILES string of the molecule is CNC(C)C(=O)NCc1ccc(C(=O)O)o1. The fourth-order valence-corrected chi connectivity index (χ4v) is 1.05. The Morgan fingerprint density at radius 3 is 2.69 bits per heavy atom. The molecule has 0 spiro atoms. The number of aromatic carboxylic acids is 1. The summed E-state index contributed by atoms with van der Waals surface area (Å²) in [5.74, 6) is -1.02. The normalized spacial score (nSPS) is 12.1. The van der Waals surface area contributed by atoms with Crippen LogP contribution in [0.3, 0.4) is 0 Å². The molecule has 0 fully saturated rings. The highest BCUT2D eigenvalue weighted by molar-refractivity contribution is 5.84. The smallest absolute Gasteiger partial charge is 0.371 e. The van der Waals surface area contributed by atoms with Crippen molar-refractivity contribution in [3.8, 4) is 0 Å². The Labute approximate surface area is 92.6 Å². The zero-order valence-corrected chi connectivity index (χ0v) is 9.11. The summed E-state index contributed by atoms with van der Waals surface area (Å²) in [6.07, 6.45) is 0. The second-order valence-electron chi connectivity index (χ2n) is 3.30. The third-order valence-corrected chi connectivity index (χ3v) is 2.14. The number of amides is 1. The highest BCUT2D eigenvalue weighted by Crippen LogP contribution is 2.07. The number of carboxylic acids is 1. The second kappa shape index (κ2) is 5.32. The van der Waals surface area contributed by atoms with Gasteiger partial charge < -0.3 is 20.2 Å². The zero-order chi connectivity index (χ0) is 12.1. The number of nitrogens with one attached hydrogen (secondary N) is 2. The van der Waals surface area contributed by atoms with Gasteiger partial charge in [0, 0.05) is 0 Å². The molecular formula is C10H14N2O4. The van der Waals surface area contributed by atoms with Crippen molar-refractivity contribution < 1.29 is 19.1 Å². The lowest BCUT2D eigenvalue weighted by molar-refractivity contribution is -0.122. The van der Waals surface area contributed by atoms with Crippen molar-refractivity contribution in [1.29, 1.82) is 0 Å². The van der Waals surface area contributed by atoms with Gasteiger partial charge in [0.05, 0.1) is 12.6 Å². The number of hydrogen-bond acceptors (Lipinski definition) is 4. The summed E-state index contributed by atoms with van der Waals surface area (Å²) in [5, 5.41) is 14.0. The number of carbonyl (C=O) groups excluding carboxylic acids is 1. The van der Waals surface area contributed by atoms with Gasteiger partial charge in [0.2, 0.25) is 11.7 Å². The molecule has 1 aromatic rings. The van der Waals surface area contributed by atoms with Gasteiger partial charge in [-0.15, -0.1) is 0 Å². The minimum atomic E-state index is -1.12. The van der Waals surface area contributed by atoms with E-state index in [1.54, 1.807) is 14.0 Å².